The quantitative estimate of drug-likeness (QED) is 0.571. The van der Waals surface area contributed by atoms with Crippen molar-refractivity contribution in [1.29, 1.82) is 0 Å². The van der Waals surface area contributed by atoms with Crippen LogP contribution in [0.1, 0.15) is 42.5 Å². The Hall–Kier alpha value is -2.76. The lowest BCUT2D eigenvalue weighted by molar-refractivity contribution is -0.155. The fourth-order valence-corrected chi connectivity index (χ4v) is 4.42. The predicted molar refractivity (Wildman–Crippen MR) is 105 cm³/mol. The molecule has 0 amide bonds. The van der Waals surface area contributed by atoms with Crippen LogP contribution in [-0.2, 0) is 14.3 Å². The van der Waals surface area contributed by atoms with Crippen molar-refractivity contribution >= 4 is 11.9 Å². The highest BCUT2D eigenvalue weighted by atomic mass is 16.6. The normalized spacial score (nSPS) is 25.8. The molecule has 2 saturated heterocycles. The van der Waals surface area contributed by atoms with E-state index >= 15 is 0 Å². The molecule has 0 aromatic heterocycles. The number of piperidine rings is 1. The van der Waals surface area contributed by atoms with Gasteiger partial charge in [0.2, 0.25) is 0 Å². The first-order chi connectivity index (χ1) is 13.4. The molecule has 2 aliphatic rings. The smallest absolute Gasteiger partial charge is 0.338 e. The van der Waals surface area contributed by atoms with E-state index < -0.39 is 18.0 Å². The van der Waals surface area contributed by atoms with Gasteiger partial charge in [-0.1, -0.05) is 31.4 Å². The summed E-state index contributed by atoms with van der Waals surface area (Å²) < 4.78 is 10.8. The van der Waals surface area contributed by atoms with Crippen molar-refractivity contribution in [3.63, 3.8) is 0 Å². The van der Waals surface area contributed by atoms with Crippen molar-refractivity contribution in [3.05, 3.63) is 60.5 Å². The number of nitrogens with zero attached hydrogens (tertiary/aromatic N) is 1. The summed E-state index contributed by atoms with van der Waals surface area (Å²) in [7, 11) is 1.36. The van der Waals surface area contributed by atoms with Crippen LogP contribution in [0.5, 0.6) is 0 Å². The van der Waals surface area contributed by atoms with E-state index in [0.717, 1.165) is 18.5 Å². The van der Waals surface area contributed by atoms with Crippen LogP contribution in [0.25, 0.3) is 0 Å². The highest BCUT2D eigenvalue weighted by molar-refractivity contribution is 5.89. The Labute approximate surface area is 165 Å². The molecular weight excluding hydrogens is 358 g/mol. The topological polar surface area (TPSA) is 76.1 Å². The third-order valence-electron chi connectivity index (χ3n) is 5.67. The van der Waals surface area contributed by atoms with Gasteiger partial charge in [0.1, 0.15) is 12.0 Å². The van der Waals surface area contributed by atoms with Gasteiger partial charge in [0, 0.05) is 30.6 Å². The maximum absolute atomic E-state index is 12.6. The molecule has 1 aromatic carbocycles. The summed E-state index contributed by atoms with van der Waals surface area (Å²) in [6, 6.07) is 8.81. The number of methoxy groups -OCH3 is 1. The number of aliphatic hydroxyl groups is 1. The zero-order chi connectivity index (χ0) is 20.3. The first-order valence-electron chi connectivity index (χ1n) is 9.59. The highest BCUT2D eigenvalue weighted by Gasteiger charge is 2.52. The minimum Gasteiger partial charge on any atom is -0.513 e. The van der Waals surface area contributed by atoms with Crippen LogP contribution < -0.4 is 0 Å². The Bertz CT molecular complexity index is 759. The molecule has 4 atom stereocenters. The minimum absolute atomic E-state index is 0.115. The molecule has 28 heavy (non-hydrogen) atoms. The van der Waals surface area contributed by atoms with Gasteiger partial charge in [-0.2, -0.15) is 0 Å². The number of benzene rings is 1. The monoisotopic (exact) mass is 385 g/mol. The van der Waals surface area contributed by atoms with E-state index in [2.05, 4.69) is 18.1 Å². The molecule has 3 rings (SSSR count). The lowest BCUT2D eigenvalue weighted by atomic mass is 9.86. The van der Waals surface area contributed by atoms with E-state index in [1.165, 1.54) is 7.11 Å². The molecule has 6 nitrogen and oxygen atoms in total. The molecule has 2 heterocycles. The number of hydrogen-bond acceptors (Lipinski definition) is 6. The summed E-state index contributed by atoms with van der Waals surface area (Å²) in [5, 5.41) is 9.39. The molecule has 0 radical (unpaired) electrons. The van der Waals surface area contributed by atoms with Gasteiger partial charge < -0.3 is 19.5 Å². The fraction of sp³-hybridized carbons (Fsp3) is 0.455. The number of hydrogen-bond donors (Lipinski definition) is 1. The summed E-state index contributed by atoms with van der Waals surface area (Å²) in [5.74, 6) is -1.25. The van der Waals surface area contributed by atoms with Crippen molar-refractivity contribution in [2.45, 2.75) is 50.3 Å². The summed E-state index contributed by atoms with van der Waals surface area (Å²) in [6.45, 7) is 7.68. The van der Waals surface area contributed by atoms with Gasteiger partial charge in [-0.3, -0.25) is 4.79 Å². The molecule has 4 unspecified atom stereocenters. The Morgan fingerprint density at radius 2 is 1.89 bits per heavy atom. The largest absolute Gasteiger partial charge is 0.513 e. The average molecular weight is 385 g/mol. The maximum atomic E-state index is 12.6. The van der Waals surface area contributed by atoms with Crippen LogP contribution >= 0.6 is 0 Å². The van der Waals surface area contributed by atoms with Gasteiger partial charge in [0.25, 0.3) is 0 Å². The minimum atomic E-state index is -0.564. The second-order valence-electron chi connectivity index (χ2n) is 7.43. The molecule has 0 saturated carbocycles. The highest BCUT2D eigenvalue weighted by Crippen LogP contribution is 2.44. The Balaban J connectivity index is 1.78. The lowest BCUT2D eigenvalue weighted by Crippen LogP contribution is -2.54. The maximum Gasteiger partial charge on any atom is 0.338 e. The molecule has 2 aliphatic heterocycles. The summed E-state index contributed by atoms with van der Waals surface area (Å²) in [4.78, 5) is 27.3. The van der Waals surface area contributed by atoms with Crippen LogP contribution in [0.2, 0.25) is 0 Å². The number of carbonyl (C=O) groups excluding carboxylic acids is 2. The van der Waals surface area contributed by atoms with Gasteiger partial charge in [0.05, 0.1) is 18.4 Å². The van der Waals surface area contributed by atoms with Gasteiger partial charge in [0.15, 0.2) is 0 Å². The lowest BCUT2D eigenvalue weighted by Gasteiger charge is -2.45. The summed E-state index contributed by atoms with van der Waals surface area (Å²) in [5.41, 5.74) is 1.33. The van der Waals surface area contributed by atoms with Crippen molar-refractivity contribution in [2.75, 3.05) is 7.11 Å². The average Bonchev–Trinajstić information content (AvgIpc) is 3.00. The molecule has 6 heteroatoms. The van der Waals surface area contributed by atoms with Crippen molar-refractivity contribution in [2.24, 2.45) is 5.92 Å². The first kappa shape index (κ1) is 20.0. The molecule has 2 bridgehead atoms. The Morgan fingerprint density at radius 1 is 1.18 bits per heavy atom. The van der Waals surface area contributed by atoms with E-state index in [4.69, 9.17) is 9.47 Å². The van der Waals surface area contributed by atoms with E-state index in [9.17, 15) is 14.7 Å². The zero-order valence-corrected chi connectivity index (χ0v) is 16.2. The third kappa shape index (κ3) is 4.06. The number of rotatable bonds is 7. The number of aliphatic hydroxyl groups excluding tert-OH is 1. The number of ether oxygens (including phenoxy) is 2. The van der Waals surface area contributed by atoms with Crippen LogP contribution in [-0.4, -0.2) is 47.2 Å². The van der Waals surface area contributed by atoms with Crippen LogP contribution in [0.4, 0.5) is 0 Å². The van der Waals surface area contributed by atoms with Crippen molar-refractivity contribution < 1.29 is 24.2 Å². The van der Waals surface area contributed by atoms with E-state index in [1.807, 2.05) is 6.07 Å². The van der Waals surface area contributed by atoms with Crippen LogP contribution in [0.15, 0.2) is 54.9 Å². The molecule has 0 spiro atoms. The second kappa shape index (κ2) is 8.50. The van der Waals surface area contributed by atoms with E-state index in [1.54, 1.807) is 24.3 Å². The van der Waals surface area contributed by atoms with E-state index in [0.29, 0.717) is 24.8 Å². The molecular formula is C22H27NO5. The predicted octanol–water partition coefficient (Wildman–Crippen LogP) is 3.60. The number of allylic oxidation sites excluding steroid dienone is 2. The Morgan fingerprint density at radius 3 is 2.54 bits per heavy atom. The summed E-state index contributed by atoms with van der Waals surface area (Å²) in [6.07, 6.45) is 2.73. The number of carbonyl (C=O) groups is 2. The fourth-order valence-electron chi connectivity index (χ4n) is 4.42. The van der Waals surface area contributed by atoms with Crippen LogP contribution in [0.3, 0.4) is 0 Å². The first-order valence-corrected chi connectivity index (χ1v) is 9.59. The number of fused-ring (bicyclic) bond motifs is 2. The molecule has 1 aromatic rings. The summed E-state index contributed by atoms with van der Waals surface area (Å²) >= 11 is 0. The van der Waals surface area contributed by atoms with E-state index in [-0.39, 0.29) is 23.8 Å². The SMILES string of the molecule is C=C(O)CCC(=C)N1C2CCC1C(C(=O)OC)C(OC(=O)c1ccccc1)C2. The van der Waals surface area contributed by atoms with Crippen molar-refractivity contribution in [3.8, 4) is 0 Å². The van der Waals surface area contributed by atoms with Gasteiger partial charge >= 0.3 is 11.9 Å². The van der Waals surface area contributed by atoms with Crippen LogP contribution in [0, 0.1) is 5.92 Å². The molecule has 150 valence electrons. The molecule has 2 fully saturated rings. The second-order valence-corrected chi connectivity index (χ2v) is 7.43. The standard InChI is InChI=1S/C22H27NO5/c1-14(9-10-15(2)24)23-17-11-12-18(23)20(22(26)27-3)19(13-17)28-21(25)16-7-5-4-6-8-16/h4-8,17-20,24H,1-2,9-13H2,3H3. The van der Waals surface area contributed by atoms with Crippen molar-refractivity contribution in [1.82, 2.24) is 4.90 Å². The third-order valence-corrected chi connectivity index (χ3v) is 5.67. The Kier molecular flexibility index (Phi) is 6.07. The molecule has 1 N–H and O–H groups in total. The van der Waals surface area contributed by atoms with Gasteiger partial charge in [-0.05, 0) is 31.4 Å². The van der Waals surface area contributed by atoms with Gasteiger partial charge in [-0.15, -0.1) is 0 Å². The van der Waals surface area contributed by atoms with Gasteiger partial charge in [-0.25, -0.2) is 4.79 Å². The zero-order valence-electron chi connectivity index (χ0n) is 16.2. The number of esters is 2. The molecule has 0 aliphatic carbocycles.